The summed E-state index contributed by atoms with van der Waals surface area (Å²) in [6.07, 6.45) is 0. The minimum absolute atomic E-state index is 0.0503. The molecular formula is C32H29FN4O2. The number of para-hydroxylation sites is 1. The Hall–Kier alpha value is -4.49. The number of anilines is 1. The molecule has 5 aromatic rings. The van der Waals surface area contributed by atoms with Gasteiger partial charge in [0, 0.05) is 37.0 Å². The van der Waals surface area contributed by atoms with E-state index in [0.29, 0.717) is 11.3 Å². The lowest BCUT2D eigenvalue weighted by atomic mass is 9.94. The quantitative estimate of drug-likeness (QED) is 0.265. The van der Waals surface area contributed by atoms with Crippen LogP contribution in [0.15, 0.2) is 97.1 Å². The number of nitrogens with zero attached hydrogens (tertiary/aromatic N) is 3. The fourth-order valence-corrected chi connectivity index (χ4v) is 5.36. The summed E-state index contributed by atoms with van der Waals surface area (Å²) in [4.78, 5) is 11.9. The number of rotatable bonds is 7. The lowest BCUT2D eigenvalue weighted by molar-refractivity contribution is 0.325. The number of aromatic nitrogens is 2. The van der Waals surface area contributed by atoms with Gasteiger partial charge in [-0.15, -0.1) is 0 Å². The molecule has 6 rings (SSSR count). The van der Waals surface area contributed by atoms with Crippen LogP contribution in [0.25, 0.3) is 22.3 Å². The summed E-state index contributed by atoms with van der Waals surface area (Å²) < 4.78 is 19.5. The van der Waals surface area contributed by atoms with E-state index in [1.54, 1.807) is 7.11 Å². The zero-order valence-corrected chi connectivity index (χ0v) is 21.6. The molecule has 0 spiro atoms. The van der Waals surface area contributed by atoms with Crippen LogP contribution in [0.1, 0.15) is 17.0 Å². The second-order valence-electron chi connectivity index (χ2n) is 9.88. The van der Waals surface area contributed by atoms with Crippen LogP contribution in [0.4, 0.5) is 10.2 Å². The normalized spacial score (nSPS) is 17.4. The number of hydrogen-bond acceptors (Lipinski definition) is 6. The number of ether oxygens (including phenoxy) is 1. The first-order chi connectivity index (χ1) is 19.1. The maximum atomic E-state index is 14.1. The monoisotopic (exact) mass is 520 g/mol. The smallest absolute Gasteiger partial charge is 0.165 e. The number of halogens is 1. The van der Waals surface area contributed by atoms with Crippen molar-refractivity contribution in [2.24, 2.45) is 0 Å². The minimum Gasteiger partial charge on any atom is -0.507 e. The second kappa shape index (κ2) is 10.7. The molecule has 2 atom stereocenters. The van der Waals surface area contributed by atoms with E-state index in [1.807, 2.05) is 42.5 Å². The molecular weight excluding hydrogens is 491 g/mol. The molecule has 1 saturated heterocycles. The molecule has 4 aromatic carbocycles. The number of aromatic hydroxyl groups is 1. The summed E-state index contributed by atoms with van der Waals surface area (Å²) >= 11 is 0. The van der Waals surface area contributed by atoms with Crippen LogP contribution in [0, 0.1) is 5.82 Å². The van der Waals surface area contributed by atoms with E-state index < -0.39 is 5.82 Å². The predicted molar refractivity (Wildman–Crippen MR) is 151 cm³/mol. The van der Waals surface area contributed by atoms with Gasteiger partial charge in [-0.2, -0.15) is 0 Å². The molecule has 0 unspecified atom stereocenters. The van der Waals surface area contributed by atoms with Gasteiger partial charge >= 0.3 is 0 Å². The molecule has 0 radical (unpaired) electrons. The van der Waals surface area contributed by atoms with Crippen molar-refractivity contribution in [3.05, 3.63) is 114 Å². The molecule has 1 aromatic heterocycles. The first kappa shape index (κ1) is 24.8. The fourth-order valence-electron chi connectivity index (χ4n) is 5.36. The number of phenols is 1. The molecule has 2 N–H and O–H groups in total. The summed E-state index contributed by atoms with van der Waals surface area (Å²) in [5, 5.41) is 15.0. The van der Waals surface area contributed by atoms with Gasteiger partial charge in [0.1, 0.15) is 23.1 Å². The predicted octanol–water partition coefficient (Wildman–Crippen LogP) is 6.23. The molecule has 0 bridgehead atoms. The van der Waals surface area contributed by atoms with Crippen molar-refractivity contribution in [1.82, 2.24) is 14.9 Å². The first-order valence-electron chi connectivity index (χ1n) is 13.0. The SMILES string of the molecule is COc1ccc([C@H]2CN(Cc3ccccc3)C[C@@H]2Nc2nc(-c3cc(F)ccc3O)nc3ccccc23)cc1. The number of hydrogen-bond donors (Lipinski definition) is 2. The Bertz CT molecular complexity index is 1590. The third-order valence-corrected chi connectivity index (χ3v) is 7.31. The van der Waals surface area contributed by atoms with Gasteiger partial charge in [0.25, 0.3) is 0 Å². The van der Waals surface area contributed by atoms with E-state index in [9.17, 15) is 9.50 Å². The van der Waals surface area contributed by atoms with Crippen molar-refractivity contribution in [1.29, 1.82) is 0 Å². The summed E-state index contributed by atoms with van der Waals surface area (Å²) in [6.45, 7) is 2.53. The van der Waals surface area contributed by atoms with Crippen LogP contribution in [0.5, 0.6) is 11.5 Å². The average molecular weight is 521 g/mol. The molecule has 1 aliphatic heterocycles. The van der Waals surface area contributed by atoms with Crippen molar-refractivity contribution in [3.8, 4) is 22.9 Å². The lowest BCUT2D eigenvalue weighted by Gasteiger charge is -2.22. The van der Waals surface area contributed by atoms with Gasteiger partial charge in [0.15, 0.2) is 5.82 Å². The van der Waals surface area contributed by atoms with E-state index in [2.05, 4.69) is 51.6 Å². The van der Waals surface area contributed by atoms with E-state index in [0.717, 1.165) is 30.8 Å². The van der Waals surface area contributed by atoms with Crippen molar-refractivity contribution < 1.29 is 14.2 Å². The lowest BCUT2D eigenvalue weighted by Crippen LogP contribution is -2.29. The molecule has 0 aliphatic carbocycles. The Labute approximate surface area is 226 Å². The Morgan fingerprint density at radius 2 is 1.69 bits per heavy atom. The first-order valence-corrected chi connectivity index (χ1v) is 13.0. The minimum atomic E-state index is -0.457. The fraction of sp³-hybridized carbons (Fsp3) is 0.188. The average Bonchev–Trinajstić information content (AvgIpc) is 3.36. The van der Waals surface area contributed by atoms with E-state index >= 15 is 0 Å². The second-order valence-corrected chi connectivity index (χ2v) is 9.88. The number of nitrogens with one attached hydrogen (secondary N) is 1. The van der Waals surface area contributed by atoms with Crippen LogP contribution >= 0.6 is 0 Å². The van der Waals surface area contributed by atoms with Gasteiger partial charge in [-0.1, -0.05) is 54.6 Å². The van der Waals surface area contributed by atoms with Gasteiger partial charge in [-0.05, 0) is 53.6 Å². The zero-order chi connectivity index (χ0) is 26.8. The number of methoxy groups -OCH3 is 1. The van der Waals surface area contributed by atoms with E-state index in [4.69, 9.17) is 9.72 Å². The third kappa shape index (κ3) is 5.26. The molecule has 39 heavy (non-hydrogen) atoms. The Morgan fingerprint density at radius 1 is 0.923 bits per heavy atom. The third-order valence-electron chi connectivity index (χ3n) is 7.31. The Kier molecular flexibility index (Phi) is 6.82. The molecule has 0 amide bonds. The maximum absolute atomic E-state index is 14.1. The highest BCUT2D eigenvalue weighted by Gasteiger charge is 2.34. The van der Waals surface area contributed by atoms with Gasteiger partial charge in [-0.25, -0.2) is 14.4 Å². The molecule has 2 heterocycles. The van der Waals surface area contributed by atoms with Gasteiger partial charge < -0.3 is 15.2 Å². The van der Waals surface area contributed by atoms with Crippen LogP contribution < -0.4 is 10.1 Å². The Morgan fingerprint density at radius 3 is 2.49 bits per heavy atom. The molecule has 1 aliphatic rings. The van der Waals surface area contributed by atoms with Crippen molar-refractivity contribution >= 4 is 16.7 Å². The summed E-state index contributed by atoms with van der Waals surface area (Å²) in [5.74, 6) is 1.42. The van der Waals surface area contributed by atoms with Crippen LogP contribution in [0.3, 0.4) is 0 Å². The van der Waals surface area contributed by atoms with Crippen molar-refractivity contribution in [2.45, 2.75) is 18.5 Å². The van der Waals surface area contributed by atoms with Crippen LogP contribution in [-0.4, -0.2) is 46.2 Å². The molecule has 7 heteroatoms. The van der Waals surface area contributed by atoms with E-state index in [-0.39, 0.29) is 29.1 Å². The van der Waals surface area contributed by atoms with Crippen LogP contribution in [0.2, 0.25) is 0 Å². The van der Waals surface area contributed by atoms with Gasteiger partial charge in [-0.3, -0.25) is 4.90 Å². The number of likely N-dealkylation sites (tertiary alicyclic amines) is 1. The standard InChI is InChI=1S/C32H29FN4O2/c1-39-24-14-11-22(12-15-24)27-19-37(18-21-7-3-2-4-8-21)20-29(27)35-31-25-9-5-6-10-28(25)34-32(36-31)26-17-23(33)13-16-30(26)38/h2-17,27,29,38H,18-20H2,1H3,(H,34,35,36)/t27-,29+/m1/s1. The highest BCUT2D eigenvalue weighted by Crippen LogP contribution is 2.35. The summed E-state index contributed by atoms with van der Waals surface area (Å²) in [7, 11) is 1.67. The Balaban J connectivity index is 1.38. The van der Waals surface area contributed by atoms with Crippen LogP contribution in [-0.2, 0) is 6.54 Å². The molecule has 0 saturated carbocycles. The maximum Gasteiger partial charge on any atom is 0.165 e. The topological polar surface area (TPSA) is 70.5 Å². The summed E-state index contributed by atoms with van der Waals surface area (Å²) in [6, 6.07) is 30.3. The molecule has 1 fully saturated rings. The van der Waals surface area contributed by atoms with Gasteiger partial charge in [0.2, 0.25) is 0 Å². The van der Waals surface area contributed by atoms with Crippen molar-refractivity contribution in [2.75, 3.05) is 25.5 Å². The molecule has 6 nitrogen and oxygen atoms in total. The van der Waals surface area contributed by atoms with E-state index in [1.165, 1.54) is 29.3 Å². The number of benzene rings is 4. The highest BCUT2D eigenvalue weighted by molar-refractivity contribution is 5.91. The molecule has 196 valence electrons. The largest absolute Gasteiger partial charge is 0.507 e. The van der Waals surface area contributed by atoms with Crippen molar-refractivity contribution in [3.63, 3.8) is 0 Å². The highest BCUT2D eigenvalue weighted by atomic mass is 19.1. The number of fused-ring (bicyclic) bond motifs is 1. The van der Waals surface area contributed by atoms with Gasteiger partial charge in [0.05, 0.1) is 18.2 Å². The number of phenolic OH excluding ortho intramolecular Hbond substituents is 1. The zero-order valence-electron chi connectivity index (χ0n) is 21.6. The summed E-state index contributed by atoms with van der Waals surface area (Å²) in [5.41, 5.74) is 3.45.